The molecule has 0 radical (unpaired) electrons. The van der Waals surface area contributed by atoms with Crippen LogP contribution in [0.4, 0.5) is 11.5 Å². The molecule has 0 saturated heterocycles. The van der Waals surface area contributed by atoms with E-state index in [0.29, 0.717) is 11.3 Å². The number of primary amides is 1. The van der Waals surface area contributed by atoms with E-state index < -0.39 is 5.91 Å². The van der Waals surface area contributed by atoms with E-state index in [1.54, 1.807) is 24.3 Å². The molecule has 3 rings (SSSR count). The van der Waals surface area contributed by atoms with Gasteiger partial charge in [-0.3, -0.25) is 9.20 Å². The van der Waals surface area contributed by atoms with E-state index in [2.05, 4.69) is 29.1 Å². The number of pyridine rings is 1. The number of hydrogen-bond donors (Lipinski definition) is 1. The van der Waals surface area contributed by atoms with Gasteiger partial charge in [-0.1, -0.05) is 13.8 Å². The van der Waals surface area contributed by atoms with Crippen LogP contribution < -0.4 is 5.73 Å². The minimum atomic E-state index is -0.460. The highest BCUT2D eigenvalue weighted by molar-refractivity contribution is 5.92. The SMILES string of the molecule is Cc1ccn2c(N=Nc3ccc(C(N)=O)cc3)c(C(C)C)nc2c1. The Bertz CT molecular complexity index is 922. The van der Waals surface area contributed by atoms with Gasteiger partial charge in [0.25, 0.3) is 0 Å². The Balaban J connectivity index is 2.02. The van der Waals surface area contributed by atoms with Gasteiger partial charge in [-0.05, 0) is 54.8 Å². The number of hydrogen-bond acceptors (Lipinski definition) is 4. The van der Waals surface area contributed by atoms with Crippen LogP contribution in [0, 0.1) is 6.92 Å². The smallest absolute Gasteiger partial charge is 0.248 e. The summed E-state index contributed by atoms with van der Waals surface area (Å²) in [6.07, 6.45) is 1.95. The second-order valence-corrected chi connectivity index (χ2v) is 6.02. The van der Waals surface area contributed by atoms with Crippen molar-refractivity contribution in [2.45, 2.75) is 26.7 Å². The monoisotopic (exact) mass is 321 g/mol. The highest BCUT2D eigenvalue weighted by Gasteiger charge is 2.15. The number of azo groups is 1. The molecule has 1 aromatic carbocycles. The summed E-state index contributed by atoms with van der Waals surface area (Å²) in [6.45, 7) is 6.19. The molecule has 24 heavy (non-hydrogen) atoms. The van der Waals surface area contributed by atoms with Gasteiger partial charge in [-0.15, -0.1) is 10.2 Å². The number of carbonyl (C=O) groups excluding carboxylic acids is 1. The fourth-order valence-corrected chi connectivity index (χ4v) is 2.44. The lowest BCUT2D eigenvalue weighted by molar-refractivity contribution is 0.100. The first-order valence-electron chi connectivity index (χ1n) is 7.76. The summed E-state index contributed by atoms with van der Waals surface area (Å²) in [5, 5.41) is 8.68. The van der Waals surface area contributed by atoms with Crippen molar-refractivity contribution in [1.82, 2.24) is 9.38 Å². The average molecular weight is 321 g/mol. The maximum atomic E-state index is 11.1. The van der Waals surface area contributed by atoms with Gasteiger partial charge in [0, 0.05) is 11.8 Å². The largest absolute Gasteiger partial charge is 0.366 e. The van der Waals surface area contributed by atoms with Crippen molar-refractivity contribution in [3.8, 4) is 0 Å². The quantitative estimate of drug-likeness (QED) is 0.727. The number of fused-ring (bicyclic) bond motifs is 1. The van der Waals surface area contributed by atoms with Gasteiger partial charge in [0.05, 0.1) is 11.4 Å². The molecule has 1 amide bonds. The van der Waals surface area contributed by atoms with Gasteiger partial charge in [-0.2, -0.15) is 0 Å². The fraction of sp³-hybridized carbons (Fsp3) is 0.222. The molecule has 0 fully saturated rings. The van der Waals surface area contributed by atoms with Gasteiger partial charge < -0.3 is 5.73 Å². The second-order valence-electron chi connectivity index (χ2n) is 6.02. The molecule has 122 valence electrons. The molecule has 0 unspecified atom stereocenters. The maximum Gasteiger partial charge on any atom is 0.248 e. The minimum absolute atomic E-state index is 0.233. The van der Waals surface area contributed by atoms with E-state index in [1.807, 2.05) is 29.7 Å². The summed E-state index contributed by atoms with van der Waals surface area (Å²) in [5.74, 6) is 0.494. The van der Waals surface area contributed by atoms with Gasteiger partial charge >= 0.3 is 0 Å². The van der Waals surface area contributed by atoms with E-state index in [0.717, 1.165) is 22.7 Å². The van der Waals surface area contributed by atoms with Crippen LogP contribution in [0.25, 0.3) is 5.65 Å². The highest BCUT2D eigenvalue weighted by Crippen LogP contribution is 2.29. The van der Waals surface area contributed by atoms with Crippen LogP contribution in [-0.2, 0) is 0 Å². The normalized spacial score (nSPS) is 11.7. The van der Waals surface area contributed by atoms with Crippen LogP contribution in [0.3, 0.4) is 0 Å². The maximum absolute atomic E-state index is 11.1. The first kappa shape index (κ1) is 15.9. The second kappa shape index (κ2) is 6.23. The van der Waals surface area contributed by atoms with Crippen LogP contribution >= 0.6 is 0 Å². The Morgan fingerprint density at radius 1 is 1.17 bits per heavy atom. The summed E-state index contributed by atoms with van der Waals surface area (Å²) in [7, 11) is 0. The van der Waals surface area contributed by atoms with Gasteiger partial charge in [0.1, 0.15) is 5.65 Å². The van der Waals surface area contributed by atoms with Gasteiger partial charge in [-0.25, -0.2) is 4.98 Å². The topological polar surface area (TPSA) is 85.1 Å². The third-order valence-corrected chi connectivity index (χ3v) is 3.74. The summed E-state index contributed by atoms with van der Waals surface area (Å²) < 4.78 is 1.93. The van der Waals surface area contributed by atoms with Crippen molar-refractivity contribution in [1.29, 1.82) is 0 Å². The van der Waals surface area contributed by atoms with E-state index in [9.17, 15) is 4.79 Å². The Kier molecular flexibility index (Phi) is 4.12. The molecular formula is C18H19N5O. The molecule has 6 heteroatoms. The van der Waals surface area contributed by atoms with Crippen molar-refractivity contribution in [2.75, 3.05) is 0 Å². The molecule has 2 aromatic heterocycles. The summed E-state index contributed by atoms with van der Waals surface area (Å²) in [5.41, 5.74) is 9.24. The zero-order valence-electron chi connectivity index (χ0n) is 13.9. The standard InChI is InChI=1S/C18H19N5O/c1-11(2)16-18(23-9-8-12(3)10-15(23)20-16)22-21-14-6-4-13(5-7-14)17(19)24/h4-11H,1-3H3,(H2,19,24). The highest BCUT2D eigenvalue weighted by atomic mass is 16.1. The third kappa shape index (κ3) is 3.03. The zero-order chi connectivity index (χ0) is 17.3. The molecule has 0 aliphatic rings. The number of carbonyl (C=O) groups is 1. The van der Waals surface area contributed by atoms with Crippen molar-refractivity contribution in [3.63, 3.8) is 0 Å². The number of imidazole rings is 1. The lowest BCUT2D eigenvalue weighted by Gasteiger charge is -2.02. The molecule has 0 saturated carbocycles. The van der Waals surface area contributed by atoms with Gasteiger partial charge in [0.15, 0.2) is 5.82 Å². The van der Waals surface area contributed by atoms with Crippen LogP contribution in [0.2, 0.25) is 0 Å². The molecule has 0 bridgehead atoms. The first-order valence-corrected chi connectivity index (χ1v) is 7.76. The lowest BCUT2D eigenvalue weighted by atomic mass is 10.1. The number of nitrogens with two attached hydrogens (primary N) is 1. The van der Waals surface area contributed by atoms with Crippen LogP contribution in [0.15, 0.2) is 52.8 Å². The number of rotatable bonds is 4. The van der Waals surface area contributed by atoms with E-state index in [-0.39, 0.29) is 5.92 Å². The minimum Gasteiger partial charge on any atom is -0.366 e. The van der Waals surface area contributed by atoms with Gasteiger partial charge in [0.2, 0.25) is 5.91 Å². The first-order chi connectivity index (χ1) is 11.5. The average Bonchev–Trinajstić information content (AvgIpc) is 2.91. The van der Waals surface area contributed by atoms with Crippen LogP contribution in [0.5, 0.6) is 0 Å². The van der Waals surface area contributed by atoms with E-state index in [4.69, 9.17) is 5.73 Å². The lowest BCUT2D eigenvalue weighted by Crippen LogP contribution is -2.10. The molecule has 0 aliphatic heterocycles. The Morgan fingerprint density at radius 3 is 2.50 bits per heavy atom. The van der Waals surface area contributed by atoms with Crippen LogP contribution in [0.1, 0.15) is 41.4 Å². The molecule has 0 aliphatic carbocycles. The van der Waals surface area contributed by atoms with Crippen molar-refractivity contribution in [2.24, 2.45) is 16.0 Å². The molecule has 0 spiro atoms. The number of aryl methyl sites for hydroxylation is 1. The molecule has 0 atom stereocenters. The Hall–Kier alpha value is -3.02. The molecule has 6 nitrogen and oxygen atoms in total. The zero-order valence-corrected chi connectivity index (χ0v) is 13.9. The van der Waals surface area contributed by atoms with Crippen molar-refractivity contribution < 1.29 is 4.79 Å². The Morgan fingerprint density at radius 2 is 1.88 bits per heavy atom. The summed E-state index contributed by atoms with van der Waals surface area (Å²) in [4.78, 5) is 15.8. The number of amides is 1. The number of benzene rings is 1. The third-order valence-electron chi connectivity index (χ3n) is 3.74. The van der Waals surface area contributed by atoms with E-state index >= 15 is 0 Å². The summed E-state index contributed by atoms with van der Waals surface area (Å²) >= 11 is 0. The van der Waals surface area contributed by atoms with Crippen molar-refractivity contribution >= 4 is 23.1 Å². The Labute approximate surface area is 140 Å². The number of aromatic nitrogens is 2. The molecular weight excluding hydrogens is 302 g/mol. The summed E-state index contributed by atoms with van der Waals surface area (Å²) in [6, 6.07) is 10.7. The predicted molar refractivity (Wildman–Crippen MR) is 93.2 cm³/mol. The van der Waals surface area contributed by atoms with E-state index in [1.165, 1.54) is 0 Å². The predicted octanol–water partition coefficient (Wildman–Crippen LogP) is 4.28. The van der Waals surface area contributed by atoms with Crippen LogP contribution in [-0.4, -0.2) is 15.3 Å². The molecule has 2 heterocycles. The van der Waals surface area contributed by atoms with Crippen molar-refractivity contribution in [3.05, 3.63) is 59.4 Å². The molecule has 3 aromatic rings. The fourth-order valence-electron chi connectivity index (χ4n) is 2.44. The molecule has 2 N–H and O–H groups in total. The number of nitrogens with zero attached hydrogens (tertiary/aromatic N) is 4.